The first-order chi connectivity index (χ1) is 16.3. The summed E-state index contributed by atoms with van der Waals surface area (Å²) in [6.45, 7) is 7.29. The summed E-state index contributed by atoms with van der Waals surface area (Å²) in [7, 11) is 0. The number of ether oxygens (including phenoxy) is 2. The van der Waals surface area contributed by atoms with Gasteiger partial charge in [0.15, 0.2) is 5.12 Å². The molecular formula is C24H25N3O6S. The van der Waals surface area contributed by atoms with E-state index in [0.29, 0.717) is 22.2 Å². The standard InChI is InChI=1S/C24H25N3O6S/c1-3-10-32-23(30)17-8-9-25-21-16(17)6-5-7-18(21)26-22(29)19-12-15(13-20(28)34)14-27(19)24(31)33-11-4-2/h3-9,15,19H,1-2,10-14H2,(H,26,29)(H,28,34)/t15-,19-/m0/s1. The number of anilines is 1. The number of rotatable bonds is 9. The minimum Gasteiger partial charge on any atom is -0.458 e. The number of hydrogen-bond donors (Lipinski definition) is 2. The Labute approximate surface area is 202 Å². The van der Waals surface area contributed by atoms with Crippen molar-refractivity contribution < 1.29 is 28.7 Å². The fourth-order valence-corrected chi connectivity index (χ4v) is 4.12. The zero-order valence-corrected chi connectivity index (χ0v) is 19.3. The number of pyridine rings is 1. The van der Waals surface area contributed by atoms with Gasteiger partial charge in [-0.15, -0.1) is 12.6 Å². The molecule has 34 heavy (non-hydrogen) atoms. The quantitative estimate of drug-likeness (QED) is 0.319. The van der Waals surface area contributed by atoms with Crippen LogP contribution in [0.25, 0.3) is 10.9 Å². The van der Waals surface area contributed by atoms with Crippen LogP contribution in [0.3, 0.4) is 0 Å². The fraction of sp³-hybridized carbons (Fsp3) is 0.292. The molecule has 2 heterocycles. The molecule has 0 saturated carbocycles. The van der Waals surface area contributed by atoms with Crippen LogP contribution in [0, 0.1) is 5.92 Å². The lowest BCUT2D eigenvalue weighted by atomic mass is 10.0. The zero-order chi connectivity index (χ0) is 24.7. The van der Waals surface area contributed by atoms with Crippen molar-refractivity contribution in [1.82, 2.24) is 9.88 Å². The van der Waals surface area contributed by atoms with Crippen molar-refractivity contribution in [1.29, 1.82) is 0 Å². The van der Waals surface area contributed by atoms with Gasteiger partial charge in [0.1, 0.15) is 19.3 Å². The van der Waals surface area contributed by atoms with E-state index >= 15 is 0 Å². The van der Waals surface area contributed by atoms with Gasteiger partial charge in [0.25, 0.3) is 0 Å². The summed E-state index contributed by atoms with van der Waals surface area (Å²) < 4.78 is 10.3. The molecule has 2 atom stereocenters. The van der Waals surface area contributed by atoms with Crippen molar-refractivity contribution in [3.8, 4) is 0 Å². The summed E-state index contributed by atoms with van der Waals surface area (Å²) >= 11 is 3.82. The van der Waals surface area contributed by atoms with Crippen LogP contribution >= 0.6 is 12.6 Å². The van der Waals surface area contributed by atoms with E-state index in [-0.39, 0.29) is 43.6 Å². The molecule has 1 saturated heterocycles. The van der Waals surface area contributed by atoms with Gasteiger partial charge in [-0.2, -0.15) is 0 Å². The zero-order valence-electron chi connectivity index (χ0n) is 18.4. The topological polar surface area (TPSA) is 115 Å². The summed E-state index contributed by atoms with van der Waals surface area (Å²) in [6.07, 6.45) is 4.08. The first-order valence-corrected chi connectivity index (χ1v) is 11.0. The number of carbonyl (C=O) groups is 4. The first-order valence-electron chi connectivity index (χ1n) is 10.6. The van der Waals surface area contributed by atoms with Gasteiger partial charge in [0.05, 0.1) is 16.8 Å². The van der Waals surface area contributed by atoms with Crippen LogP contribution in [0.5, 0.6) is 0 Å². The monoisotopic (exact) mass is 483 g/mol. The average molecular weight is 484 g/mol. The van der Waals surface area contributed by atoms with E-state index in [1.807, 2.05) is 0 Å². The van der Waals surface area contributed by atoms with Crippen LogP contribution in [0.2, 0.25) is 0 Å². The molecule has 0 spiro atoms. The van der Waals surface area contributed by atoms with Crippen molar-refractivity contribution in [2.75, 3.05) is 25.1 Å². The van der Waals surface area contributed by atoms with Crippen molar-refractivity contribution in [3.63, 3.8) is 0 Å². The molecule has 9 nitrogen and oxygen atoms in total. The second kappa shape index (κ2) is 11.5. The Morgan fingerprint density at radius 1 is 1.15 bits per heavy atom. The largest absolute Gasteiger partial charge is 0.458 e. The van der Waals surface area contributed by atoms with Gasteiger partial charge in [-0.1, -0.05) is 37.4 Å². The molecule has 1 aliphatic rings. The number of benzene rings is 1. The molecule has 3 rings (SSSR count). The Balaban J connectivity index is 1.86. The van der Waals surface area contributed by atoms with Crippen LogP contribution in [0.1, 0.15) is 23.2 Å². The molecule has 1 aromatic heterocycles. The van der Waals surface area contributed by atoms with E-state index in [1.165, 1.54) is 29.3 Å². The lowest BCUT2D eigenvalue weighted by Gasteiger charge is -2.23. The molecule has 2 aromatic rings. The van der Waals surface area contributed by atoms with Gasteiger partial charge in [0.2, 0.25) is 5.91 Å². The number of hydrogen-bond acceptors (Lipinski definition) is 7. The molecule has 1 aromatic carbocycles. The smallest absolute Gasteiger partial charge is 0.410 e. The van der Waals surface area contributed by atoms with Gasteiger partial charge in [0, 0.05) is 24.5 Å². The number of carbonyl (C=O) groups excluding carboxylic acids is 4. The lowest BCUT2D eigenvalue weighted by Crippen LogP contribution is -2.43. The second-order valence-electron chi connectivity index (χ2n) is 7.67. The number of likely N-dealkylation sites (tertiary alicyclic amines) is 1. The summed E-state index contributed by atoms with van der Waals surface area (Å²) in [5, 5.41) is 2.99. The Kier molecular flexibility index (Phi) is 8.42. The molecule has 0 unspecified atom stereocenters. The van der Waals surface area contributed by atoms with Gasteiger partial charge < -0.3 is 14.8 Å². The molecule has 0 aliphatic carbocycles. The van der Waals surface area contributed by atoms with E-state index in [1.54, 1.807) is 18.2 Å². The third kappa shape index (κ3) is 5.82. The van der Waals surface area contributed by atoms with Crippen LogP contribution in [0.4, 0.5) is 10.5 Å². The molecule has 1 N–H and O–H groups in total. The van der Waals surface area contributed by atoms with Crippen molar-refractivity contribution in [2.45, 2.75) is 18.9 Å². The first kappa shape index (κ1) is 25.0. The molecule has 0 bridgehead atoms. The Hall–Kier alpha value is -3.66. The molecule has 10 heteroatoms. The van der Waals surface area contributed by atoms with Gasteiger partial charge in [-0.25, -0.2) is 9.59 Å². The van der Waals surface area contributed by atoms with Crippen LogP contribution in [-0.4, -0.2) is 58.8 Å². The molecule has 2 amide bonds. The normalized spacial score (nSPS) is 17.1. The number of para-hydroxylation sites is 1. The van der Waals surface area contributed by atoms with Gasteiger partial charge in [-0.3, -0.25) is 19.5 Å². The number of nitrogens with zero attached hydrogens (tertiary/aromatic N) is 2. The number of amides is 2. The average Bonchev–Trinajstić information content (AvgIpc) is 3.24. The maximum atomic E-state index is 13.2. The Bertz CT molecular complexity index is 1130. The SMILES string of the molecule is C=CCOC(=O)c1ccnc2c(NC(=O)[C@@H]3C[C@@H](CC(=O)S)CN3C(=O)OCC=C)cccc12. The number of thiol groups is 1. The Morgan fingerprint density at radius 3 is 2.59 bits per heavy atom. The van der Waals surface area contributed by atoms with E-state index < -0.39 is 24.0 Å². The molecule has 1 aliphatic heterocycles. The maximum Gasteiger partial charge on any atom is 0.410 e. The maximum absolute atomic E-state index is 13.2. The molecule has 1 fully saturated rings. The number of aromatic nitrogens is 1. The predicted molar refractivity (Wildman–Crippen MR) is 130 cm³/mol. The minimum atomic E-state index is -0.856. The van der Waals surface area contributed by atoms with Gasteiger partial charge in [-0.05, 0) is 24.5 Å². The summed E-state index contributed by atoms with van der Waals surface area (Å²) in [5.74, 6) is -1.23. The predicted octanol–water partition coefficient (Wildman–Crippen LogP) is 3.38. The van der Waals surface area contributed by atoms with Crippen molar-refractivity contribution >= 4 is 52.3 Å². The summed E-state index contributed by atoms with van der Waals surface area (Å²) in [6, 6.07) is 5.71. The molecular weight excluding hydrogens is 458 g/mol. The third-order valence-electron chi connectivity index (χ3n) is 5.29. The highest BCUT2D eigenvalue weighted by atomic mass is 32.1. The molecule has 178 valence electrons. The van der Waals surface area contributed by atoms with Crippen molar-refractivity contribution in [2.24, 2.45) is 5.92 Å². The molecule has 0 radical (unpaired) electrons. The van der Waals surface area contributed by atoms with Crippen LogP contribution in [0.15, 0.2) is 55.8 Å². The third-order valence-corrected chi connectivity index (χ3v) is 5.48. The second-order valence-corrected chi connectivity index (χ2v) is 8.17. The van der Waals surface area contributed by atoms with E-state index in [9.17, 15) is 19.2 Å². The fourth-order valence-electron chi connectivity index (χ4n) is 3.86. The van der Waals surface area contributed by atoms with Crippen molar-refractivity contribution in [3.05, 3.63) is 61.3 Å². The highest BCUT2D eigenvalue weighted by molar-refractivity contribution is 7.96. The number of nitrogens with one attached hydrogen (secondary N) is 1. The Morgan fingerprint density at radius 2 is 1.88 bits per heavy atom. The van der Waals surface area contributed by atoms with E-state index in [4.69, 9.17) is 9.47 Å². The number of fused-ring (bicyclic) bond motifs is 1. The minimum absolute atomic E-state index is 0.00217. The van der Waals surface area contributed by atoms with Crippen LogP contribution < -0.4 is 5.32 Å². The highest BCUT2D eigenvalue weighted by Crippen LogP contribution is 2.30. The highest BCUT2D eigenvalue weighted by Gasteiger charge is 2.41. The summed E-state index contributed by atoms with van der Waals surface area (Å²) in [4.78, 5) is 55.3. The lowest BCUT2D eigenvalue weighted by molar-refractivity contribution is -0.120. The summed E-state index contributed by atoms with van der Waals surface area (Å²) in [5.41, 5.74) is 1.06. The van der Waals surface area contributed by atoms with Crippen LogP contribution in [-0.2, 0) is 19.1 Å². The van der Waals surface area contributed by atoms with E-state index in [0.717, 1.165) is 0 Å². The number of esters is 1. The van der Waals surface area contributed by atoms with E-state index in [2.05, 4.69) is 36.1 Å². The van der Waals surface area contributed by atoms with Gasteiger partial charge >= 0.3 is 12.1 Å².